The summed E-state index contributed by atoms with van der Waals surface area (Å²) >= 11 is 0. The first-order chi connectivity index (χ1) is 14.2. The molecular weight excluding hydrogens is 370 g/mol. The smallest absolute Gasteiger partial charge is 0.252 e. The van der Waals surface area contributed by atoms with E-state index in [-0.39, 0.29) is 18.1 Å². The Kier molecular flexibility index (Phi) is 5.53. The number of hydrogen-bond acceptors (Lipinski definition) is 7. The number of carbonyl (C=O) groups is 1. The van der Waals surface area contributed by atoms with E-state index in [0.717, 1.165) is 35.4 Å². The van der Waals surface area contributed by atoms with Crippen LogP contribution in [0, 0.1) is 0 Å². The fourth-order valence-corrected chi connectivity index (χ4v) is 3.64. The van der Waals surface area contributed by atoms with E-state index in [9.17, 15) is 4.79 Å². The van der Waals surface area contributed by atoms with Gasteiger partial charge in [-0.3, -0.25) is 9.78 Å². The van der Waals surface area contributed by atoms with Gasteiger partial charge in [0.1, 0.15) is 17.9 Å². The van der Waals surface area contributed by atoms with Crippen molar-refractivity contribution in [3.63, 3.8) is 0 Å². The van der Waals surface area contributed by atoms with Gasteiger partial charge in [0, 0.05) is 44.0 Å². The second kappa shape index (κ2) is 8.40. The standard InChI is InChI=1S/C21H23N5O3/c1-28-17-4-3-14-7-15(10-23-19(14)9-17)21(27)24-11-16-8-18(29-2)12-26(16)20-5-6-22-13-25-20/h3-7,9-10,13,16,18H,8,11-12H2,1-2H3,(H,24,27)/t16-,18-/m0/s1. The zero-order valence-electron chi connectivity index (χ0n) is 16.4. The van der Waals surface area contributed by atoms with Crippen molar-refractivity contribution in [1.29, 1.82) is 0 Å². The molecule has 1 fully saturated rings. The Bertz CT molecular complexity index is 998. The van der Waals surface area contributed by atoms with Crippen LogP contribution >= 0.6 is 0 Å². The van der Waals surface area contributed by atoms with Gasteiger partial charge in [0.2, 0.25) is 0 Å². The zero-order chi connectivity index (χ0) is 20.2. The van der Waals surface area contributed by atoms with Crippen LogP contribution in [0.1, 0.15) is 16.8 Å². The van der Waals surface area contributed by atoms with Gasteiger partial charge in [-0.25, -0.2) is 9.97 Å². The number of fused-ring (bicyclic) bond motifs is 1. The molecule has 29 heavy (non-hydrogen) atoms. The van der Waals surface area contributed by atoms with Crippen LogP contribution in [-0.2, 0) is 4.74 Å². The average Bonchev–Trinajstić information content (AvgIpc) is 3.20. The lowest BCUT2D eigenvalue weighted by Crippen LogP contribution is -2.40. The Morgan fingerprint density at radius 1 is 1.24 bits per heavy atom. The van der Waals surface area contributed by atoms with Crippen molar-refractivity contribution in [3.05, 3.63) is 54.6 Å². The highest BCUT2D eigenvalue weighted by Gasteiger charge is 2.33. The predicted octanol–water partition coefficient (Wildman–Crippen LogP) is 2.06. The Labute approximate surface area is 168 Å². The Hall–Kier alpha value is -3.26. The summed E-state index contributed by atoms with van der Waals surface area (Å²) in [6.07, 6.45) is 5.75. The van der Waals surface area contributed by atoms with E-state index < -0.39 is 0 Å². The summed E-state index contributed by atoms with van der Waals surface area (Å²) in [5.41, 5.74) is 1.31. The summed E-state index contributed by atoms with van der Waals surface area (Å²) in [6.45, 7) is 1.22. The molecular formula is C21H23N5O3. The topological polar surface area (TPSA) is 89.5 Å². The molecule has 150 valence electrons. The maximum Gasteiger partial charge on any atom is 0.252 e. The first-order valence-electron chi connectivity index (χ1n) is 9.45. The number of benzene rings is 1. The molecule has 0 aliphatic carbocycles. The van der Waals surface area contributed by atoms with E-state index in [1.807, 2.05) is 30.3 Å². The van der Waals surface area contributed by atoms with Gasteiger partial charge in [-0.2, -0.15) is 0 Å². The normalized spacial score (nSPS) is 18.8. The van der Waals surface area contributed by atoms with Crippen molar-refractivity contribution in [2.24, 2.45) is 0 Å². The summed E-state index contributed by atoms with van der Waals surface area (Å²) in [4.78, 5) is 27.6. The fraction of sp³-hybridized carbons (Fsp3) is 0.333. The number of pyridine rings is 1. The molecule has 1 saturated heterocycles. The first kappa shape index (κ1) is 19.1. The second-order valence-corrected chi connectivity index (χ2v) is 6.96. The zero-order valence-corrected chi connectivity index (χ0v) is 16.4. The quantitative estimate of drug-likeness (QED) is 0.686. The highest BCUT2D eigenvalue weighted by molar-refractivity contribution is 5.97. The summed E-state index contributed by atoms with van der Waals surface area (Å²) < 4.78 is 10.8. The Morgan fingerprint density at radius 3 is 2.90 bits per heavy atom. The van der Waals surface area contributed by atoms with Crippen LogP contribution < -0.4 is 15.0 Å². The van der Waals surface area contributed by atoms with Gasteiger partial charge in [-0.1, -0.05) is 0 Å². The minimum atomic E-state index is -0.154. The summed E-state index contributed by atoms with van der Waals surface area (Å²) in [7, 11) is 3.32. The van der Waals surface area contributed by atoms with Gasteiger partial charge in [0.15, 0.2) is 0 Å². The van der Waals surface area contributed by atoms with E-state index in [1.165, 1.54) is 6.33 Å². The molecule has 4 rings (SSSR count). The first-order valence-corrected chi connectivity index (χ1v) is 9.45. The summed E-state index contributed by atoms with van der Waals surface area (Å²) in [5, 5.41) is 3.92. The number of ether oxygens (including phenoxy) is 2. The minimum Gasteiger partial charge on any atom is -0.497 e. The van der Waals surface area contributed by atoms with Gasteiger partial charge in [0.05, 0.1) is 30.3 Å². The van der Waals surface area contributed by atoms with Crippen molar-refractivity contribution in [2.75, 3.05) is 32.2 Å². The molecule has 1 N–H and O–H groups in total. The molecule has 0 bridgehead atoms. The molecule has 8 nitrogen and oxygen atoms in total. The molecule has 1 amide bonds. The third kappa shape index (κ3) is 4.12. The highest BCUT2D eigenvalue weighted by Crippen LogP contribution is 2.25. The van der Waals surface area contributed by atoms with Crippen LogP contribution in [-0.4, -0.2) is 60.3 Å². The average molecular weight is 393 g/mol. The van der Waals surface area contributed by atoms with E-state index >= 15 is 0 Å². The number of amides is 1. The number of rotatable bonds is 6. The van der Waals surface area contributed by atoms with Gasteiger partial charge in [-0.15, -0.1) is 0 Å². The fourth-order valence-electron chi connectivity index (χ4n) is 3.64. The van der Waals surface area contributed by atoms with Crippen LogP contribution in [0.25, 0.3) is 10.9 Å². The summed E-state index contributed by atoms with van der Waals surface area (Å²) in [5.74, 6) is 1.42. The van der Waals surface area contributed by atoms with E-state index in [4.69, 9.17) is 9.47 Å². The molecule has 2 aromatic heterocycles. The Morgan fingerprint density at radius 2 is 2.14 bits per heavy atom. The Balaban J connectivity index is 1.46. The molecule has 2 atom stereocenters. The predicted molar refractivity (Wildman–Crippen MR) is 109 cm³/mol. The number of methoxy groups -OCH3 is 2. The lowest BCUT2D eigenvalue weighted by Gasteiger charge is -2.25. The molecule has 8 heteroatoms. The SMILES string of the molecule is COc1ccc2cc(C(=O)NC[C@@H]3C[C@H](OC)CN3c3ccncn3)cnc2c1. The van der Waals surface area contributed by atoms with E-state index in [0.29, 0.717) is 12.1 Å². The maximum atomic E-state index is 12.7. The molecule has 0 unspecified atom stereocenters. The van der Waals surface area contributed by atoms with Crippen LogP contribution in [0.4, 0.5) is 5.82 Å². The van der Waals surface area contributed by atoms with E-state index in [2.05, 4.69) is 25.2 Å². The number of anilines is 1. The second-order valence-electron chi connectivity index (χ2n) is 6.96. The molecule has 3 heterocycles. The maximum absolute atomic E-state index is 12.7. The van der Waals surface area contributed by atoms with Crippen LogP contribution in [0.2, 0.25) is 0 Å². The van der Waals surface area contributed by atoms with Crippen molar-refractivity contribution in [1.82, 2.24) is 20.3 Å². The lowest BCUT2D eigenvalue weighted by molar-refractivity contribution is 0.0946. The number of carbonyl (C=O) groups excluding carboxylic acids is 1. The summed E-state index contributed by atoms with van der Waals surface area (Å²) in [6, 6.07) is 9.40. The third-order valence-corrected chi connectivity index (χ3v) is 5.22. The van der Waals surface area contributed by atoms with Crippen LogP contribution in [0.15, 0.2) is 49.1 Å². The van der Waals surface area contributed by atoms with Crippen molar-refractivity contribution < 1.29 is 14.3 Å². The molecule has 0 radical (unpaired) electrons. The molecule has 1 aliphatic rings. The molecule has 1 aliphatic heterocycles. The van der Waals surface area contributed by atoms with Crippen LogP contribution in [0.5, 0.6) is 5.75 Å². The number of aromatic nitrogens is 3. The number of nitrogens with one attached hydrogen (secondary N) is 1. The molecule has 3 aromatic rings. The van der Waals surface area contributed by atoms with Crippen molar-refractivity contribution >= 4 is 22.6 Å². The molecule has 1 aromatic carbocycles. The van der Waals surface area contributed by atoms with Gasteiger partial charge in [0.25, 0.3) is 5.91 Å². The number of hydrogen-bond donors (Lipinski definition) is 1. The van der Waals surface area contributed by atoms with Crippen molar-refractivity contribution in [2.45, 2.75) is 18.6 Å². The largest absolute Gasteiger partial charge is 0.497 e. The monoisotopic (exact) mass is 393 g/mol. The van der Waals surface area contributed by atoms with Gasteiger partial charge in [-0.05, 0) is 30.7 Å². The highest BCUT2D eigenvalue weighted by atomic mass is 16.5. The lowest BCUT2D eigenvalue weighted by atomic mass is 10.1. The minimum absolute atomic E-state index is 0.0940. The van der Waals surface area contributed by atoms with Crippen molar-refractivity contribution in [3.8, 4) is 5.75 Å². The number of nitrogens with zero attached hydrogens (tertiary/aromatic N) is 4. The molecule has 0 saturated carbocycles. The van der Waals surface area contributed by atoms with Gasteiger partial charge < -0.3 is 19.7 Å². The van der Waals surface area contributed by atoms with Crippen LogP contribution in [0.3, 0.4) is 0 Å². The van der Waals surface area contributed by atoms with Gasteiger partial charge >= 0.3 is 0 Å². The third-order valence-electron chi connectivity index (χ3n) is 5.22. The molecule has 0 spiro atoms. The van der Waals surface area contributed by atoms with E-state index in [1.54, 1.807) is 26.6 Å².